The minimum Gasteiger partial charge on any atom is -0.455 e. The van der Waals surface area contributed by atoms with Crippen molar-refractivity contribution in [2.24, 2.45) is 4.99 Å². The molecule has 230 valence electrons. The number of benzene rings is 7. The van der Waals surface area contributed by atoms with Crippen LogP contribution in [-0.4, -0.2) is 10.3 Å². The Morgan fingerprint density at radius 2 is 1.14 bits per heavy atom. The number of aromatic nitrogens is 1. The first kappa shape index (κ1) is 26.5. The number of hydrogen-bond donors (Lipinski definition) is 1. The molecule has 4 heterocycles. The highest BCUT2D eigenvalue weighted by atomic mass is 16.3. The van der Waals surface area contributed by atoms with Crippen molar-refractivity contribution in [3.05, 3.63) is 163 Å². The van der Waals surface area contributed by atoms with Gasteiger partial charge in [0.1, 0.15) is 22.3 Å². The van der Waals surface area contributed by atoms with E-state index >= 15 is 0 Å². The summed E-state index contributed by atoms with van der Waals surface area (Å²) in [7, 11) is 0. The van der Waals surface area contributed by atoms with E-state index in [-0.39, 0.29) is 0 Å². The zero-order valence-electron chi connectivity index (χ0n) is 26.2. The zero-order chi connectivity index (χ0) is 32.1. The lowest BCUT2D eigenvalue weighted by molar-refractivity contribution is 0.623. The summed E-state index contributed by atoms with van der Waals surface area (Å²) in [5.41, 5.74) is 11.8. The van der Waals surface area contributed by atoms with Gasteiger partial charge in [-0.25, -0.2) is 4.99 Å². The molecule has 1 N–H and O–H groups in total. The van der Waals surface area contributed by atoms with Crippen LogP contribution in [0.15, 0.2) is 165 Å². The van der Waals surface area contributed by atoms with E-state index < -0.39 is 6.29 Å². The van der Waals surface area contributed by atoms with Crippen molar-refractivity contribution >= 4 is 77.1 Å². The fourth-order valence-corrected chi connectivity index (χ4v) is 7.83. The summed E-state index contributed by atoms with van der Waals surface area (Å²) in [6.45, 7) is 0. The van der Waals surface area contributed by atoms with Crippen LogP contribution < -0.4 is 5.32 Å². The maximum atomic E-state index is 6.63. The lowest BCUT2D eigenvalue weighted by Crippen LogP contribution is -2.25. The van der Waals surface area contributed by atoms with Crippen LogP contribution in [0.2, 0.25) is 0 Å². The second-order valence-electron chi connectivity index (χ2n) is 12.7. The molecule has 0 aliphatic carbocycles. The van der Waals surface area contributed by atoms with Gasteiger partial charge in [0, 0.05) is 43.7 Å². The summed E-state index contributed by atoms with van der Waals surface area (Å²) in [6.07, 6.45) is -0.447. The van der Waals surface area contributed by atoms with Gasteiger partial charge < -0.3 is 18.7 Å². The lowest BCUT2D eigenvalue weighted by atomic mass is 9.97. The summed E-state index contributed by atoms with van der Waals surface area (Å²) in [5, 5.41) is 10.4. The number of nitrogens with one attached hydrogen (secondary N) is 1. The molecule has 0 saturated carbocycles. The molecule has 11 rings (SSSR count). The Balaban J connectivity index is 1.22. The number of fused-ring (bicyclic) bond motifs is 11. The highest BCUT2D eigenvalue weighted by Gasteiger charge is 2.28. The number of anilines is 1. The van der Waals surface area contributed by atoms with E-state index in [1.54, 1.807) is 0 Å². The van der Waals surface area contributed by atoms with Crippen molar-refractivity contribution in [3.8, 4) is 11.1 Å². The van der Waals surface area contributed by atoms with Crippen molar-refractivity contribution in [1.82, 2.24) is 4.57 Å². The largest absolute Gasteiger partial charge is 0.455 e. The molecule has 0 radical (unpaired) electrons. The van der Waals surface area contributed by atoms with E-state index in [1.165, 1.54) is 0 Å². The van der Waals surface area contributed by atoms with Crippen LogP contribution >= 0.6 is 0 Å². The standard InChI is InChI=1S/C44H27N3O2/c1-2-11-26(12-3-1)27-21-22-33-37(25-27)47(36-24-23-31-29-14-6-9-20-39(29)49-43(31)40(33)36)44-45-35-18-7-4-15-32(35)41(46-44)34-17-10-16-30-28-13-5-8-19-38(28)48-42(30)34/h1-25,44-45H. The van der Waals surface area contributed by atoms with Crippen LogP contribution in [0, 0.1) is 0 Å². The van der Waals surface area contributed by atoms with Gasteiger partial charge in [0.2, 0.25) is 6.29 Å². The molecule has 1 unspecified atom stereocenters. The van der Waals surface area contributed by atoms with Crippen LogP contribution in [-0.2, 0) is 0 Å². The molecular weight excluding hydrogens is 603 g/mol. The van der Waals surface area contributed by atoms with Crippen molar-refractivity contribution in [2.75, 3.05) is 5.32 Å². The Bertz CT molecular complexity index is 2980. The molecule has 0 amide bonds. The molecular formula is C44H27N3O2. The summed E-state index contributed by atoms with van der Waals surface area (Å²) in [5.74, 6) is 0. The Morgan fingerprint density at radius 1 is 0.490 bits per heavy atom. The first-order chi connectivity index (χ1) is 24.3. The van der Waals surface area contributed by atoms with Gasteiger partial charge in [-0.3, -0.25) is 0 Å². The third kappa shape index (κ3) is 3.78. The van der Waals surface area contributed by atoms with Gasteiger partial charge >= 0.3 is 0 Å². The number of aliphatic imine (C=N–C) groups is 1. The Morgan fingerprint density at radius 3 is 1.98 bits per heavy atom. The first-order valence-electron chi connectivity index (χ1n) is 16.6. The van der Waals surface area contributed by atoms with Crippen LogP contribution in [0.1, 0.15) is 17.4 Å². The van der Waals surface area contributed by atoms with Crippen molar-refractivity contribution < 1.29 is 8.83 Å². The molecule has 1 atom stereocenters. The van der Waals surface area contributed by atoms with E-state index in [0.29, 0.717) is 0 Å². The van der Waals surface area contributed by atoms with Gasteiger partial charge in [-0.05, 0) is 53.6 Å². The molecule has 0 bridgehead atoms. The molecule has 1 aliphatic heterocycles. The minimum atomic E-state index is -0.447. The predicted octanol–water partition coefficient (Wildman–Crippen LogP) is 11.7. The van der Waals surface area contributed by atoms with Crippen LogP contribution in [0.25, 0.3) is 76.8 Å². The normalized spacial score (nSPS) is 14.6. The first-order valence-corrected chi connectivity index (χ1v) is 16.6. The molecule has 0 fully saturated rings. The molecule has 3 aromatic heterocycles. The van der Waals surface area contributed by atoms with Gasteiger partial charge in [0.15, 0.2) is 0 Å². The van der Waals surface area contributed by atoms with Gasteiger partial charge in [-0.15, -0.1) is 0 Å². The fraction of sp³-hybridized carbons (Fsp3) is 0.0227. The second-order valence-corrected chi connectivity index (χ2v) is 12.7. The number of hydrogen-bond acceptors (Lipinski definition) is 4. The van der Waals surface area contributed by atoms with Crippen LogP contribution in [0.5, 0.6) is 0 Å². The minimum absolute atomic E-state index is 0.447. The van der Waals surface area contributed by atoms with E-state index in [0.717, 1.165) is 99.3 Å². The number of para-hydroxylation sites is 4. The molecule has 1 aliphatic rings. The van der Waals surface area contributed by atoms with Gasteiger partial charge in [-0.2, -0.15) is 0 Å². The summed E-state index contributed by atoms with van der Waals surface area (Å²) >= 11 is 0. The summed E-state index contributed by atoms with van der Waals surface area (Å²) in [6, 6.07) is 53.0. The Hall–Kier alpha value is -6.59. The van der Waals surface area contributed by atoms with E-state index in [4.69, 9.17) is 13.8 Å². The topological polar surface area (TPSA) is 55.6 Å². The molecule has 0 spiro atoms. The van der Waals surface area contributed by atoms with Crippen molar-refractivity contribution in [1.29, 1.82) is 0 Å². The van der Waals surface area contributed by atoms with Crippen LogP contribution in [0.4, 0.5) is 5.69 Å². The zero-order valence-corrected chi connectivity index (χ0v) is 26.2. The third-order valence-corrected chi connectivity index (χ3v) is 10.0. The average molecular weight is 630 g/mol. The van der Waals surface area contributed by atoms with E-state index in [1.807, 2.05) is 24.3 Å². The SMILES string of the molecule is c1ccc(-c2ccc3c4c5oc6ccccc6c5ccc4n(C4N=C(c5cccc6c5oc5ccccc56)c5ccccc5N4)c3c2)cc1. The molecule has 5 nitrogen and oxygen atoms in total. The summed E-state index contributed by atoms with van der Waals surface area (Å²) in [4.78, 5) is 5.56. The molecule has 0 saturated heterocycles. The number of nitrogens with zero attached hydrogens (tertiary/aromatic N) is 2. The van der Waals surface area contributed by atoms with E-state index in [9.17, 15) is 0 Å². The van der Waals surface area contributed by atoms with Crippen molar-refractivity contribution in [2.45, 2.75) is 6.29 Å². The van der Waals surface area contributed by atoms with Gasteiger partial charge in [-0.1, -0.05) is 109 Å². The average Bonchev–Trinajstić information content (AvgIpc) is 3.84. The Labute approximate surface area is 280 Å². The molecule has 7 aromatic carbocycles. The second kappa shape index (κ2) is 9.96. The number of rotatable bonds is 3. The van der Waals surface area contributed by atoms with Crippen molar-refractivity contribution in [3.63, 3.8) is 0 Å². The summed E-state index contributed by atoms with van der Waals surface area (Å²) < 4.78 is 15.5. The number of furan rings is 2. The Kier molecular flexibility index (Phi) is 5.38. The van der Waals surface area contributed by atoms with Gasteiger partial charge in [0.25, 0.3) is 0 Å². The fourth-order valence-electron chi connectivity index (χ4n) is 7.83. The maximum Gasteiger partial charge on any atom is 0.201 e. The highest BCUT2D eigenvalue weighted by Crippen LogP contribution is 2.43. The quantitative estimate of drug-likeness (QED) is 0.212. The third-order valence-electron chi connectivity index (χ3n) is 10.0. The van der Waals surface area contributed by atoms with Crippen LogP contribution in [0.3, 0.4) is 0 Å². The molecule has 49 heavy (non-hydrogen) atoms. The molecule has 5 heteroatoms. The smallest absolute Gasteiger partial charge is 0.201 e. The van der Waals surface area contributed by atoms with Gasteiger partial charge in [0.05, 0.1) is 22.1 Å². The monoisotopic (exact) mass is 629 g/mol. The predicted molar refractivity (Wildman–Crippen MR) is 201 cm³/mol. The highest BCUT2D eigenvalue weighted by molar-refractivity contribution is 6.25. The maximum absolute atomic E-state index is 6.63. The molecule has 10 aromatic rings. The van der Waals surface area contributed by atoms with E-state index in [2.05, 4.69) is 137 Å². The lowest BCUT2D eigenvalue weighted by Gasteiger charge is -2.28.